The highest BCUT2D eigenvalue weighted by Crippen LogP contribution is 2.08. The predicted octanol–water partition coefficient (Wildman–Crippen LogP) is 1.88. The number of oxime groups is 1. The smallest absolute Gasteiger partial charge is 0.410 e. The van der Waals surface area contributed by atoms with Crippen molar-refractivity contribution in [1.29, 1.82) is 0 Å². The van der Waals surface area contributed by atoms with Crippen LogP contribution in [0.2, 0.25) is 0 Å². The van der Waals surface area contributed by atoms with E-state index in [0.717, 1.165) is 0 Å². The molecule has 0 aromatic heterocycles. The normalized spacial score (nSPS) is 11.5. The van der Waals surface area contributed by atoms with Gasteiger partial charge in [0.15, 0.2) is 0 Å². The molecule has 5 heteroatoms. The van der Waals surface area contributed by atoms with Crippen molar-refractivity contribution in [3.63, 3.8) is 0 Å². The van der Waals surface area contributed by atoms with E-state index in [1.54, 1.807) is 20.2 Å². The average molecular weight is 216 g/mol. The highest BCUT2D eigenvalue weighted by atomic mass is 16.6. The van der Waals surface area contributed by atoms with Gasteiger partial charge in [-0.2, -0.15) is 0 Å². The van der Waals surface area contributed by atoms with E-state index in [0.29, 0.717) is 13.2 Å². The summed E-state index contributed by atoms with van der Waals surface area (Å²) in [5, 5.41) is 3.57. The Hall–Kier alpha value is -1.26. The van der Waals surface area contributed by atoms with Gasteiger partial charge in [-0.1, -0.05) is 5.16 Å². The van der Waals surface area contributed by atoms with Crippen LogP contribution in [0.5, 0.6) is 0 Å². The number of hydrogen-bond acceptors (Lipinski definition) is 4. The van der Waals surface area contributed by atoms with Crippen LogP contribution in [0.3, 0.4) is 0 Å². The van der Waals surface area contributed by atoms with E-state index in [2.05, 4.69) is 5.16 Å². The molecule has 0 aliphatic rings. The first-order valence-corrected chi connectivity index (χ1v) is 4.91. The van der Waals surface area contributed by atoms with E-state index >= 15 is 0 Å². The van der Waals surface area contributed by atoms with Crippen LogP contribution in [0.1, 0.15) is 27.7 Å². The Morgan fingerprint density at radius 3 is 2.53 bits per heavy atom. The van der Waals surface area contributed by atoms with Crippen LogP contribution >= 0.6 is 0 Å². The van der Waals surface area contributed by atoms with E-state index < -0.39 is 5.60 Å². The molecule has 0 aliphatic heterocycles. The third kappa shape index (κ3) is 7.78. The van der Waals surface area contributed by atoms with Gasteiger partial charge in [-0.15, -0.1) is 0 Å². The van der Waals surface area contributed by atoms with Crippen molar-refractivity contribution in [2.75, 3.05) is 20.2 Å². The Labute approximate surface area is 91.0 Å². The number of carbonyl (C=O) groups excluding carboxylic acids is 1. The zero-order valence-electron chi connectivity index (χ0n) is 10.1. The minimum absolute atomic E-state index is 0.355. The third-order valence-electron chi connectivity index (χ3n) is 1.40. The molecular weight excluding hydrogens is 196 g/mol. The number of likely N-dealkylation sites (N-methyl/N-ethyl adjacent to an activating group) is 1. The minimum atomic E-state index is -0.465. The molecule has 5 nitrogen and oxygen atoms in total. The van der Waals surface area contributed by atoms with Gasteiger partial charge >= 0.3 is 6.09 Å². The summed E-state index contributed by atoms with van der Waals surface area (Å²) in [6, 6.07) is 0. The third-order valence-corrected chi connectivity index (χ3v) is 1.40. The molecule has 88 valence electrons. The van der Waals surface area contributed by atoms with E-state index in [1.165, 1.54) is 4.90 Å². The molecule has 0 radical (unpaired) electrons. The van der Waals surface area contributed by atoms with E-state index in [1.807, 2.05) is 20.8 Å². The van der Waals surface area contributed by atoms with Gasteiger partial charge < -0.3 is 14.5 Å². The summed E-state index contributed by atoms with van der Waals surface area (Å²) < 4.78 is 5.15. The van der Waals surface area contributed by atoms with E-state index in [9.17, 15) is 4.79 Å². The first kappa shape index (κ1) is 13.7. The van der Waals surface area contributed by atoms with Crippen LogP contribution in [0.15, 0.2) is 5.16 Å². The molecule has 0 rings (SSSR count). The van der Waals surface area contributed by atoms with Crippen molar-refractivity contribution < 1.29 is 14.4 Å². The summed E-state index contributed by atoms with van der Waals surface area (Å²) in [7, 11) is 1.66. The van der Waals surface area contributed by atoms with Crippen molar-refractivity contribution in [2.24, 2.45) is 5.16 Å². The fourth-order valence-corrected chi connectivity index (χ4v) is 0.736. The number of hydrogen-bond donors (Lipinski definition) is 0. The Bertz CT molecular complexity index is 221. The molecule has 0 spiro atoms. The molecule has 0 aliphatic carbocycles. The zero-order valence-corrected chi connectivity index (χ0v) is 10.1. The Morgan fingerprint density at radius 2 is 2.07 bits per heavy atom. The van der Waals surface area contributed by atoms with Crippen LogP contribution in [-0.2, 0) is 9.57 Å². The van der Waals surface area contributed by atoms with Crippen molar-refractivity contribution in [3.05, 3.63) is 0 Å². The Morgan fingerprint density at radius 1 is 1.47 bits per heavy atom. The van der Waals surface area contributed by atoms with Gasteiger partial charge in [0.05, 0.1) is 6.54 Å². The van der Waals surface area contributed by atoms with Crippen LogP contribution in [0.4, 0.5) is 4.79 Å². The van der Waals surface area contributed by atoms with Crippen LogP contribution < -0.4 is 0 Å². The summed E-state index contributed by atoms with van der Waals surface area (Å²) in [6.45, 7) is 8.06. The highest BCUT2D eigenvalue weighted by Gasteiger charge is 2.19. The average Bonchev–Trinajstić information content (AvgIpc) is 2.09. The van der Waals surface area contributed by atoms with Gasteiger partial charge in [0.1, 0.15) is 12.2 Å². The van der Waals surface area contributed by atoms with Gasteiger partial charge in [-0.05, 0) is 27.7 Å². The maximum atomic E-state index is 11.4. The summed E-state index contributed by atoms with van der Waals surface area (Å²) in [5.41, 5.74) is -0.465. The van der Waals surface area contributed by atoms with Crippen molar-refractivity contribution >= 4 is 12.3 Å². The van der Waals surface area contributed by atoms with Gasteiger partial charge in [0.2, 0.25) is 0 Å². The first-order valence-electron chi connectivity index (χ1n) is 4.91. The summed E-state index contributed by atoms with van der Waals surface area (Å²) in [5.74, 6) is 0. The lowest BCUT2D eigenvalue weighted by Gasteiger charge is -2.24. The second kappa shape index (κ2) is 6.27. The number of nitrogens with zero attached hydrogens (tertiary/aromatic N) is 2. The largest absolute Gasteiger partial charge is 0.444 e. The van der Waals surface area contributed by atoms with Crippen LogP contribution in [0.25, 0.3) is 0 Å². The van der Waals surface area contributed by atoms with Gasteiger partial charge in [-0.3, -0.25) is 0 Å². The Balaban J connectivity index is 3.79. The van der Waals surface area contributed by atoms with E-state index in [4.69, 9.17) is 9.57 Å². The molecule has 0 N–H and O–H groups in total. The lowest BCUT2D eigenvalue weighted by atomic mass is 10.2. The minimum Gasteiger partial charge on any atom is -0.444 e. The van der Waals surface area contributed by atoms with Crippen molar-refractivity contribution in [3.8, 4) is 0 Å². The fraction of sp³-hybridized carbons (Fsp3) is 0.800. The summed E-state index contributed by atoms with van der Waals surface area (Å²) in [6.07, 6.45) is 1.19. The first-order chi connectivity index (χ1) is 6.87. The quantitative estimate of drug-likeness (QED) is 0.409. The molecule has 0 fully saturated rings. The maximum absolute atomic E-state index is 11.4. The number of carbonyl (C=O) groups is 1. The number of rotatable bonds is 4. The number of amides is 1. The summed E-state index contributed by atoms with van der Waals surface area (Å²) in [4.78, 5) is 17.7. The monoisotopic (exact) mass is 216 g/mol. The zero-order chi connectivity index (χ0) is 11.9. The SMILES string of the molecule is C/C=N/OCCN(C)C(=O)OC(C)(C)C. The molecule has 0 saturated carbocycles. The number of ether oxygens (including phenoxy) is 1. The van der Waals surface area contributed by atoms with Crippen molar-refractivity contribution in [1.82, 2.24) is 4.90 Å². The van der Waals surface area contributed by atoms with E-state index in [-0.39, 0.29) is 6.09 Å². The standard InChI is InChI=1S/C10H20N2O3/c1-6-11-14-8-7-12(5)9(13)15-10(2,3)4/h6H,7-8H2,1-5H3/b11-6+. The molecule has 0 aromatic rings. The van der Waals surface area contributed by atoms with Crippen molar-refractivity contribution in [2.45, 2.75) is 33.3 Å². The van der Waals surface area contributed by atoms with Gasteiger partial charge in [-0.25, -0.2) is 4.79 Å². The fourth-order valence-electron chi connectivity index (χ4n) is 0.736. The second-order valence-electron chi connectivity index (χ2n) is 4.10. The maximum Gasteiger partial charge on any atom is 0.410 e. The molecule has 0 heterocycles. The highest BCUT2D eigenvalue weighted by molar-refractivity contribution is 5.67. The van der Waals surface area contributed by atoms with Gasteiger partial charge in [0, 0.05) is 13.3 Å². The molecule has 0 bridgehead atoms. The second-order valence-corrected chi connectivity index (χ2v) is 4.10. The molecule has 1 amide bonds. The molecule has 15 heavy (non-hydrogen) atoms. The van der Waals surface area contributed by atoms with Gasteiger partial charge in [0.25, 0.3) is 0 Å². The Kier molecular flexibility index (Phi) is 5.74. The predicted molar refractivity (Wildman–Crippen MR) is 59.0 cm³/mol. The molecule has 0 unspecified atom stereocenters. The van der Waals surface area contributed by atoms with Crippen LogP contribution in [0, 0.1) is 0 Å². The lowest BCUT2D eigenvalue weighted by molar-refractivity contribution is 0.0236. The van der Waals surface area contributed by atoms with Crippen LogP contribution in [-0.4, -0.2) is 43.0 Å². The molecular formula is C10H20N2O3. The lowest BCUT2D eigenvalue weighted by Crippen LogP contribution is -2.35. The molecule has 0 aromatic carbocycles. The molecule has 0 saturated heterocycles. The topological polar surface area (TPSA) is 51.1 Å². The molecule has 0 atom stereocenters. The summed E-state index contributed by atoms with van der Waals surface area (Å²) >= 11 is 0.